The van der Waals surface area contributed by atoms with Crippen LogP contribution in [0, 0.1) is 0 Å². The highest BCUT2D eigenvalue weighted by molar-refractivity contribution is 14.0. The van der Waals surface area contributed by atoms with Crippen molar-refractivity contribution in [3.63, 3.8) is 0 Å². The number of halogens is 4. The smallest absolute Gasteiger partial charge is 0.434 e. The third-order valence-electron chi connectivity index (χ3n) is 3.68. The summed E-state index contributed by atoms with van der Waals surface area (Å²) in [5, 5.41) is 7.32. The molecule has 0 aliphatic carbocycles. The third-order valence-corrected chi connectivity index (χ3v) is 4.53. The minimum absolute atomic E-state index is 0. The van der Waals surface area contributed by atoms with Crippen molar-refractivity contribution in [3.8, 4) is 5.75 Å². The average molecular weight is 528 g/mol. The van der Waals surface area contributed by atoms with Crippen molar-refractivity contribution in [1.82, 2.24) is 15.6 Å². The summed E-state index contributed by atoms with van der Waals surface area (Å²) in [6.45, 7) is 5.36. The Morgan fingerprint density at radius 3 is 2.43 bits per heavy atom. The number of hydrogen-bond donors (Lipinski definition) is 2. The maximum Gasteiger partial charge on any atom is 0.434 e. The fourth-order valence-corrected chi connectivity index (χ4v) is 2.93. The van der Waals surface area contributed by atoms with Crippen LogP contribution >= 0.6 is 35.3 Å². The molecule has 0 unspecified atom stereocenters. The molecule has 2 N–H and O–H groups in total. The number of thiazole rings is 1. The van der Waals surface area contributed by atoms with E-state index in [2.05, 4.69) is 34.5 Å². The molecule has 2 aromatic rings. The molecule has 0 aliphatic heterocycles. The maximum absolute atomic E-state index is 12.5. The first kappa shape index (κ1) is 24.5. The normalized spacial score (nSPS) is 11.9. The van der Waals surface area contributed by atoms with E-state index in [1.807, 2.05) is 24.3 Å². The minimum Gasteiger partial charge on any atom is -0.492 e. The molecule has 10 heteroatoms. The predicted octanol–water partition coefficient (Wildman–Crippen LogP) is 4.65. The summed E-state index contributed by atoms with van der Waals surface area (Å²) in [6, 6.07) is 7.94. The SMILES string of the molecule is CN=C(NCCOc1ccc(C(C)C)cc1)NCc1nc(C(F)(F)F)cs1.I. The molecule has 0 fully saturated rings. The number of guanidine groups is 1. The summed E-state index contributed by atoms with van der Waals surface area (Å²) >= 11 is 0.956. The number of alkyl halides is 3. The summed E-state index contributed by atoms with van der Waals surface area (Å²) < 4.78 is 43.3. The molecule has 0 amide bonds. The van der Waals surface area contributed by atoms with Gasteiger partial charge in [0.2, 0.25) is 0 Å². The van der Waals surface area contributed by atoms with E-state index in [9.17, 15) is 13.2 Å². The molecule has 1 aromatic carbocycles. The van der Waals surface area contributed by atoms with Crippen molar-refractivity contribution < 1.29 is 17.9 Å². The van der Waals surface area contributed by atoms with Crippen molar-refractivity contribution in [2.45, 2.75) is 32.5 Å². The van der Waals surface area contributed by atoms with Gasteiger partial charge in [-0.05, 0) is 23.6 Å². The molecular weight excluding hydrogens is 504 g/mol. The van der Waals surface area contributed by atoms with E-state index in [1.165, 1.54) is 5.56 Å². The highest BCUT2D eigenvalue weighted by Gasteiger charge is 2.33. The van der Waals surface area contributed by atoms with Crippen molar-refractivity contribution in [3.05, 3.63) is 45.9 Å². The van der Waals surface area contributed by atoms with Gasteiger partial charge in [-0.25, -0.2) is 4.98 Å². The van der Waals surface area contributed by atoms with Crippen LogP contribution in [0.4, 0.5) is 13.2 Å². The van der Waals surface area contributed by atoms with Crippen molar-refractivity contribution >= 4 is 41.3 Å². The molecule has 0 spiro atoms. The minimum atomic E-state index is -4.42. The molecule has 0 saturated carbocycles. The van der Waals surface area contributed by atoms with E-state index in [0.29, 0.717) is 30.0 Å². The lowest BCUT2D eigenvalue weighted by Gasteiger charge is -2.12. The lowest BCUT2D eigenvalue weighted by molar-refractivity contribution is -0.140. The summed E-state index contributed by atoms with van der Waals surface area (Å²) in [4.78, 5) is 7.59. The predicted molar refractivity (Wildman–Crippen MR) is 117 cm³/mol. The molecule has 5 nitrogen and oxygen atoms in total. The molecule has 0 atom stereocenters. The van der Waals surface area contributed by atoms with E-state index in [4.69, 9.17) is 4.74 Å². The lowest BCUT2D eigenvalue weighted by Crippen LogP contribution is -2.38. The number of aliphatic imine (C=N–C) groups is 1. The van der Waals surface area contributed by atoms with E-state index >= 15 is 0 Å². The quantitative estimate of drug-likeness (QED) is 0.238. The van der Waals surface area contributed by atoms with Crippen LogP contribution in [-0.2, 0) is 12.7 Å². The van der Waals surface area contributed by atoms with Crippen LogP contribution in [0.3, 0.4) is 0 Å². The largest absolute Gasteiger partial charge is 0.492 e. The van der Waals surface area contributed by atoms with Gasteiger partial charge in [-0.2, -0.15) is 13.2 Å². The van der Waals surface area contributed by atoms with Gasteiger partial charge in [0, 0.05) is 12.4 Å². The van der Waals surface area contributed by atoms with E-state index in [1.54, 1.807) is 7.05 Å². The first-order chi connectivity index (χ1) is 12.8. The molecule has 156 valence electrons. The zero-order valence-electron chi connectivity index (χ0n) is 15.8. The highest BCUT2D eigenvalue weighted by Crippen LogP contribution is 2.29. The molecule has 1 heterocycles. The fraction of sp³-hybridized carbons (Fsp3) is 0.444. The Labute approximate surface area is 183 Å². The van der Waals surface area contributed by atoms with Crippen molar-refractivity contribution in [1.29, 1.82) is 0 Å². The summed E-state index contributed by atoms with van der Waals surface area (Å²) in [6.07, 6.45) is -4.42. The molecule has 1 aromatic heterocycles. The second-order valence-corrected chi connectivity index (χ2v) is 6.99. The number of nitrogens with zero attached hydrogens (tertiary/aromatic N) is 2. The van der Waals surface area contributed by atoms with Gasteiger partial charge in [0.1, 0.15) is 17.4 Å². The van der Waals surface area contributed by atoms with Crippen LogP contribution in [0.15, 0.2) is 34.6 Å². The second-order valence-electron chi connectivity index (χ2n) is 6.05. The first-order valence-corrected chi connectivity index (χ1v) is 9.36. The molecular formula is C18H24F3IN4OS. The highest BCUT2D eigenvalue weighted by atomic mass is 127. The van der Waals surface area contributed by atoms with E-state index in [0.717, 1.165) is 22.5 Å². The van der Waals surface area contributed by atoms with Gasteiger partial charge >= 0.3 is 6.18 Å². The Hall–Kier alpha value is -1.56. The van der Waals surface area contributed by atoms with Crippen LogP contribution in [0.2, 0.25) is 0 Å². The molecule has 0 radical (unpaired) electrons. The maximum atomic E-state index is 12.5. The Bertz CT molecular complexity index is 748. The van der Waals surface area contributed by atoms with Crippen molar-refractivity contribution in [2.24, 2.45) is 4.99 Å². The van der Waals surface area contributed by atoms with E-state index in [-0.39, 0.29) is 30.5 Å². The molecule has 0 aliphatic rings. The van der Waals surface area contributed by atoms with Gasteiger partial charge in [-0.1, -0.05) is 26.0 Å². The number of rotatable bonds is 7. The van der Waals surface area contributed by atoms with Gasteiger partial charge in [0.05, 0.1) is 13.1 Å². The molecule has 0 bridgehead atoms. The van der Waals surface area contributed by atoms with Crippen LogP contribution in [0.5, 0.6) is 5.75 Å². The summed E-state index contributed by atoms with van der Waals surface area (Å²) in [7, 11) is 1.59. The van der Waals surface area contributed by atoms with E-state index < -0.39 is 11.9 Å². The van der Waals surface area contributed by atoms with Gasteiger partial charge in [-0.15, -0.1) is 35.3 Å². The van der Waals surface area contributed by atoms with Crippen LogP contribution in [-0.4, -0.2) is 31.1 Å². The van der Waals surface area contributed by atoms with Crippen LogP contribution < -0.4 is 15.4 Å². The Balaban J connectivity index is 0.00000392. The Morgan fingerprint density at radius 1 is 1.21 bits per heavy atom. The third kappa shape index (κ3) is 7.82. The van der Waals surface area contributed by atoms with Gasteiger partial charge < -0.3 is 15.4 Å². The van der Waals surface area contributed by atoms with Crippen LogP contribution in [0.1, 0.15) is 36.0 Å². The average Bonchev–Trinajstić information content (AvgIpc) is 3.11. The number of aromatic nitrogens is 1. The standard InChI is InChI=1S/C18H23F3N4OS.HI/c1-12(2)13-4-6-14(7-5-13)26-9-8-23-17(22-3)24-10-16-25-15(11-27-16)18(19,20)21;/h4-7,11-12H,8-10H2,1-3H3,(H2,22,23,24);1H. The number of ether oxygens (including phenoxy) is 1. The summed E-state index contributed by atoms with van der Waals surface area (Å²) in [5.74, 6) is 1.73. The summed E-state index contributed by atoms with van der Waals surface area (Å²) in [5.41, 5.74) is 0.380. The fourth-order valence-electron chi connectivity index (χ4n) is 2.19. The second kappa shape index (κ2) is 11.4. The lowest BCUT2D eigenvalue weighted by atomic mass is 10.0. The molecule has 2 rings (SSSR count). The number of benzene rings is 1. The zero-order chi connectivity index (χ0) is 19.9. The number of nitrogens with one attached hydrogen (secondary N) is 2. The van der Waals surface area contributed by atoms with Crippen LogP contribution in [0.25, 0.3) is 0 Å². The first-order valence-electron chi connectivity index (χ1n) is 8.48. The van der Waals surface area contributed by atoms with Gasteiger partial charge in [0.25, 0.3) is 0 Å². The van der Waals surface area contributed by atoms with Gasteiger partial charge in [0.15, 0.2) is 11.7 Å². The monoisotopic (exact) mass is 528 g/mol. The topological polar surface area (TPSA) is 58.5 Å². The Morgan fingerprint density at radius 2 is 1.89 bits per heavy atom. The number of hydrogen-bond acceptors (Lipinski definition) is 4. The molecule has 0 saturated heterocycles. The van der Waals surface area contributed by atoms with Crippen molar-refractivity contribution in [2.75, 3.05) is 20.2 Å². The van der Waals surface area contributed by atoms with Gasteiger partial charge in [-0.3, -0.25) is 4.99 Å². The Kier molecular flexibility index (Phi) is 10.0. The zero-order valence-corrected chi connectivity index (χ0v) is 19.0. The molecule has 28 heavy (non-hydrogen) atoms.